The first-order chi connectivity index (χ1) is 19.7. The number of nitrogens with zero attached hydrogens (tertiary/aromatic N) is 1. The monoisotopic (exact) mass is 580 g/mol. The molecule has 0 radical (unpaired) electrons. The highest BCUT2D eigenvalue weighted by atomic mass is 31.2. The second kappa shape index (κ2) is 10.5. The zero-order valence-electron chi connectivity index (χ0n) is 21.8. The Hall–Kier alpha value is -3.86. The van der Waals surface area contributed by atoms with Crippen molar-refractivity contribution in [2.75, 3.05) is 6.61 Å². The van der Waals surface area contributed by atoms with E-state index in [0.29, 0.717) is 22.6 Å². The maximum absolute atomic E-state index is 13.9. The molecule has 1 saturated heterocycles. The summed E-state index contributed by atoms with van der Waals surface area (Å²) in [5.74, 6) is 1.15. The zero-order chi connectivity index (χ0) is 28.8. The van der Waals surface area contributed by atoms with Gasteiger partial charge in [-0.25, -0.2) is 9.36 Å². The Morgan fingerprint density at radius 1 is 1.02 bits per heavy atom. The lowest BCUT2D eigenvalue weighted by molar-refractivity contribution is -0.0946. The lowest BCUT2D eigenvalue weighted by Gasteiger charge is -2.41. The molecule has 0 aliphatic carbocycles. The Bertz CT molecular complexity index is 1710. The molecule has 41 heavy (non-hydrogen) atoms. The van der Waals surface area contributed by atoms with Gasteiger partial charge in [0.05, 0.1) is 6.61 Å². The van der Waals surface area contributed by atoms with Gasteiger partial charge in [-0.3, -0.25) is 23.8 Å². The third-order valence-electron chi connectivity index (χ3n) is 7.30. The number of aromatic nitrogens is 2. The molecule has 212 valence electrons. The number of H-pyrrole nitrogens is 1. The van der Waals surface area contributed by atoms with E-state index >= 15 is 0 Å². The molecule has 1 unspecified atom stereocenters. The van der Waals surface area contributed by atoms with E-state index in [1.165, 1.54) is 13.1 Å². The summed E-state index contributed by atoms with van der Waals surface area (Å²) in [4.78, 5) is 36.1. The number of halogens is 1. The predicted molar refractivity (Wildman–Crippen MR) is 146 cm³/mol. The minimum Gasteiger partial charge on any atom is -0.457 e. The summed E-state index contributed by atoms with van der Waals surface area (Å²) in [6.45, 7) is 1.29. The van der Waals surface area contributed by atoms with Crippen LogP contribution in [0.2, 0.25) is 0 Å². The van der Waals surface area contributed by atoms with Gasteiger partial charge in [-0.05, 0) is 24.6 Å². The van der Waals surface area contributed by atoms with Crippen molar-refractivity contribution in [3.05, 3.63) is 128 Å². The quantitative estimate of drug-likeness (QED) is 0.301. The summed E-state index contributed by atoms with van der Waals surface area (Å²) in [6, 6.07) is 24.3. The maximum atomic E-state index is 13.9. The van der Waals surface area contributed by atoms with E-state index in [9.17, 15) is 23.2 Å². The number of hydrogen-bond acceptors (Lipinski definition) is 7. The van der Waals surface area contributed by atoms with Crippen molar-refractivity contribution in [3.63, 3.8) is 0 Å². The zero-order valence-corrected chi connectivity index (χ0v) is 22.7. The molecule has 0 bridgehead atoms. The molecule has 0 saturated carbocycles. The van der Waals surface area contributed by atoms with E-state index < -0.39 is 43.2 Å². The number of ether oxygens (including phenoxy) is 3. The molecule has 4 aromatic rings. The summed E-state index contributed by atoms with van der Waals surface area (Å²) in [6.07, 6.45) is -2.18. The predicted octanol–water partition coefficient (Wildman–Crippen LogP) is 4.70. The van der Waals surface area contributed by atoms with Crippen LogP contribution in [0.1, 0.15) is 34.9 Å². The largest absolute Gasteiger partial charge is 0.510 e. The number of fused-ring (bicyclic) bond motifs is 2. The van der Waals surface area contributed by atoms with Gasteiger partial charge in [0.25, 0.3) is 5.56 Å². The second-order valence-corrected chi connectivity index (χ2v) is 11.0. The topological polar surface area (TPSA) is 129 Å². The van der Waals surface area contributed by atoms with Crippen LogP contribution in [-0.4, -0.2) is 33.3 Å². The number of para-hydroxylation sites is 2. The van der Waals surface area contributed by atoms with Crippen molar-refractivity contribution in [2.24, 2.45) is 0 Å². The minimum atomic E-state index is -5.44. The summed E-state index contributed by atoms with van der Waals surface area (Å²) in [5.41, 5.74) is -0.0508. The van der Waals surface area contributed by atoms with E-state index in [-0.39, 0.29) is 18.6 Å². The molecule has 6 rings (SSSR count). The molecule has 10 nitrogen and oxygen atoms in total. The number of hydrogen-bond donors (Lipinski definition) is 2. The van der Waals surface area contributed by atoms with E-state index in [1.807, 2.05) is 78.9 Å². The Morgan fingerprint density at radius 2 is 1.63 bits per heavy atom. The normalized spacial score (nSPS) is 22.3. The van der Waals surface area contributed by atoms with Gasteiger partial charge in [0.15, 0.2) is 5.60 Å². The molecule has 2 N–H and O–H groups in total. The first kappa shape index (κ1) is 27.3. The van der Waals surface area contributed by atoms with Gasteiger partial charge < -0.3 is 14.2 Å². The molecule has 2 aliphatic heterocycles. The van der Waals surface area contributed by atoms with Gasteiger partial charge in [0.1, 0.15) is 29.9 Å². The van der Waals surface area contributed by atoms with Crippen molar-refractivity contribution in [1.29, 1.82) is 0 Å². The van der Waals surface area contributed by atoms with Gasteiger partial charge in [0.2, 0.25) is 0 Å². The van der Waals surface area contributed by atoms with Crippen molar-refractivity contribution in [3.8, 4) is 11.5 Å². The maximum Gasteiger partial charge on any atom is 0.510 e. The highest BCUT2D eigenvalue weighted by molar-refractivity contribution is 7.46. The number of aromatic amines is 1. The van der Waals surface area contributed by atoms with E-state index in [1.54, 1.807) is 0 Å². The SMILES string of the molecule is Cc1cn([C@H]2C[C@H](OP(=O)(O)F)[C@@H](COC3(c4ccccc4)c4ccccc4Oc4ccccc43)O2)c(=O)[nH]c1=O. The number of rotatable bonds is 7. The first-order valence-electron chi connectivity index (χ1n) is 12.9. The molecule has 3 heterocycles. The molecule has 2 aliphatic rings. The van der Waals surface area contributed by atoms with Gasteiger partial charge in [-0.15, -0.1) is 4.20 Å². The Morgan fingerprint density at radius 3 is 2.27 bits per heavy atom. The van der Waals surface area contributed by atoms with E-state index in [0.717, 1.165) is 10.1 Å². The Kier molecular flexibility index (Phi) is 7.01. The van der Waals surface area contributed by atoms with Crippen molar-refractivity contribution >= 4 is 7.91 Å². The molecule has 0 amide bonds. The summed E-state index contributed by atoms with van der Waals surface area (Å²) < 4.78 is 50.7. The smallest absolute Gasteiger partial charge is 0.457 e. The van der Waals surface area contributed by atoms with Gasteiger partial charge in [-0.2, -0.15) is 0 Å². The lowest BCUT2D eigenvalue weighted by atomic mass is 9.77. The molecule has 3 aromatic carbocycles. The van der Waals surface area contributed by atoms with Crippen LogP contribution in [0.4, 0.5) is 4.20 Å². The van der Waals surface area contributed by atoms with Gasteiger partial charge in [-0.1, -0.05) is 66.7 Å². The molecular weight excluding hydrogens is 554 g/mol. The average molecular weight is 581 g/mol. The fourth-order valence-electron chi connectivity index (χ4n) is 5.49. The second-order valence-electron chi connectivity index (χ2n) is 9.89. The van der Waals surface area contributed by atoms with Crippen LogP contribution < -0.4 is 16.0 Å². The van der Waals surface area contributed by atoms with Crippen molar-refractivity contribution < 1.29 is 32.4 Å². The van der Waals surface area contributed by atoms with Crippen LogP contribution in [-0.2, 0) is 24.2 Å². The fourth-order valence-corrected chi connectivity index (χ4v) is 6.04. The lowest BCUT2D eigenvalue weighted by Crippen LogP contribution is -2.40. The molecule has 1 aromatic heterocycles. The number of aryl methyl sites for hydroxylation is 1. The van der Waals surface area contributed by atoms with Crippen molar-refractivity contribution in [1.82, 2.24) is 9.55 Å². The molecule has 4 atom stereocenters. The third-order valence-corrected chi connectivity index (χ3v) is 7.83. The minimum absolute atomic E-state index is 0.150. The third kappa shape index (κ3) is 5.07. The summed E-state index contributed by atoms with van der Waals surface area (Å²) in [5, 5.41) is 0. The average Bonchev–Trinajstić information content (AvgIpc) is 3.34. The first-order valence-corrected chi connectivity index (χ1v) is 14.4. The molecular formula is C29H26FN2O8P. The van der Waals surface area contributed by atoms with Crippen LogP contribution in [0.5, 0.6) is 11.5 Å². The van der Waals surface area contributed by atoms with Crippen LogP contribution in [0.25, 0.3) is 0 Å². The Balaban J connectivity index is 1.42. The molecule has 12 heteroatoms. The molecule has 1 fully saturated rings. The Labute approximate surface area is 233 Å². The van der Waals surface area contributed by atoms with Crippen LogP contribution in [0.15, 0.2) is 94.6 Å². The van der Waals surface area contributed by atoms with Crippen LogP contribution in [0.3, 0.4) is 0 Å². The standard InChI is InChI=1S/C29H26FN2O8P/c1-18-16-32(28(34)31-27(18)33)26-15-24(40-41(30,35)36)25(39-26)17-37-29(19-9-3-2-4-10-19)20-11-5-7-13-22(20)38-23-14-8-6-12-21(23)29/h2-14,16,24-26H,15,17H2,1H3,(H,35,36)(H,31,33,34)/t24-,25+,26+/m0/s1. The molecule has 0 spiro atoms. The van der Waals surface area contributed by atoms with Crippen LogP contribution >= 0.6 is 7.91 Å². The highest BCUT2D eigenvalue weighted by Gasteiger charge is 2.48. The highest BCUT2D eigenvalue weighted by Crippen LogP contribution is 2.53. The van der Waals surface area contributed by atoms with Crippen molar-refractivity contribution in [2.45, 2.75) is 37.4 Å². The van der Waals surface area contributed by atoms with Crippen LogP contribution in [0, 0.1) is 6.92 Å². The number of nitrogens with one attached hydrogen (secondary N) is 1. The van der Waals surface area contributed by atoms with E-state index in [4.69, 9.17) is 18.7 Å². The van der Waals surface area contributed by atoms with E-state index in [2.05, 4.69) is 4.98 Å². The van der Waals surface area contributed by atoms with Gasteiger partial charge >= 0.3 is 13.6 Å². The van der Waals surface area contributed by atoms with Gasteiger partial charge in [0, 0.05) is 29.3 Å². The summed E-state index contributed by atoms with van der Waals surface area (Å²) >= 11 is 0. The number of benzene rings is 3. The summed E-state index contributed by atoms with van der Waals surface area (Å²) in [7, 11) is -5.44. The fraction of sp³-hybridized carbons (Fsp3) is 0.241.